The molecule has 0 aliphatic heterocycles. The third-order valence-corrected chi connectivity index (χ3v) is 4.12. The van der Waals surface area contributed by atoms with Gasteiger partial charge < -0.3 is 5.32 Å². The molecule has 4 heteroatoms. The highest BCUT2D eigenvalue weighted by Gasteiger charge is 2.44. The topological polar surface area (TPSA) is 29.1 Å². The van der Waals surface area contributed by atoms with Crippen molar-refractivity contribution in [2.24, 2.45) is 5.92 Å². The van der Waals surface area contributed by atoms with Crippen LogP contribution in [-0.4, -0.2) is 12.5 Å². The van der Waals surface area contributed by atoms with Gasteiger partial charge in [-0.25, -0.2) is 0 Å². The smallest absolute Gasteiger partial charge is 0.224 e. The van der Waals surface area contributed by atoms with Gasteiger partial charge in [0.1, 0.15) is 0 Å². The number of hydrogen-bond acceptors (Lipinski definition) is 2. The molecular weight excluding hydrogens is 286 g/mol. The molecule has 1 saturated carbocycles. The Balaban J connectivity index is 1.86. The van der Waals surface area contributed by atoms with Crippen LogP contribution in [0.1, 0.15) is 22.1 Å². The van der Waals surface area contributed by atoms with Gasteiger partial charge in [-0.3, -0.25) is 4.79 Å². The molecule has 1 aromatic rings. The zero-order valence-corrected chi connectivity index (χ0v) is 11.5. The molecule has 1 fully saturated rings. The predicted molar refractivity (Wildman–Crippen MR) is 71.0 cm³/mol. The normalized spacial score (nSPS) is 22.9. The van der Waals surface area contributed by atoms with Crippen molar-refractivity contribution < 1.29 is 4.79 Å². The highest BCUT2D eigenvalue weighted by Crippen LogP contribution is 2.49. The number of carbonyl (C=O) groups excluding carboxylic acids is 1. The molecular formula is C12H14BrNOS. The Morgan fingerprint density at radius 3 is 3.00 bits per heavy atom. The van der Waals surface area contributed by atoms with E-state index in [1.54, 1.807) is 11.3 Å². The van der Waals surface area contributed by atoms with Crippen molar-refractivity contribution in [3.63, 3.8) is 0 Å². The molecule has 1 heterocycles. The number of nitrogens with one attached hydrogen (secondary N) is 1. The minimum Gasteiger partial charge on any atom is -0.351 e. The first kappa shape index (κ1) is 11.9. The van der Waals surface area contributed by atoms with Crippen molar-refractivity contribution in [2.45, 2.75) is 19.3 Å². The van der Waals surface area contributed by atoms with Crippen molar-refractivity contribution in [1.82, 2.24) is 5.32 Å². The van der Waals surface area contributed by atoms with Gasteiger partial charge in [0.2, 0.25) is 5.91 Å². The lowest BCUT2D eigenvalue weighted by molar-refractivity contribution is -0.122. The van der Waals surface area contributed by atoms with Gasteiger partial charge >= 0.3 is 0 Å². The minimum atomic E-state index is 0.150. The van der Waals surface area contributed by atoms with Crippen molar-refractivity contribution >= 4 is 33.2 Å². The lowest BCUT2D eigenvalue weighted by Gasteiger charge is -2.02. The second-order valence-electron chi connectivity index (χ2n) is 4.13. The summed E-state index contributed by atoms with van der Waals surface area (Å²) >= 11 is 5.03. The van der Waals surface area contributed by atoms with E-state index in [1.807, 2.05) is 0 Å². The van der Waals surface area contributed by atoms with Crippen LogP contribution in [0.2, 0.25) is 0 Å². The second kappa shape index (κ2) is 4.72. The summed E-state index contributed by atoms with van der Waals surface area (Å²) in [5, 5.41) is 2.87. The molecule has 1 aliphatic carbocycles. The average molecular weight is 300 g/mol. The van der Waals surface area contributed by atoms with Gasteiger partial charge in [0.25, 0.3) is 0 Å². The van der Waals surface area contributed by atoms with E-state index in [1.165, 1.54) is 9.75 Å². The third kappa shape index (κ3) is 2.74. The molecule has 1 aliphatic rings. The molecule has 0 spiro atoms. The highest BCUT2D eigenvalue weighted by molar-refractivity contribution is 9.11. The minimum absolute atomic E-state index is 0.150. The van der Waals surface area contributed by atoms with Gasteiger partial charge in [0, 0.05) is 32.6 Å². The molecule has 0 saturated heterocycles. The Kier molecular flexibility index (Phi) is 3.50. The first-order chi connectivity index (χ1) is 7.58. The molecule has 0 radical (unpaired) electrons. The quantitative estimate of drug-likeness (QED) is 0.909. The summed E-state index contributed by atoms with van der Waals surface area (Å²) < 4.78 is 0.810. The van der Waals surface area contributed by atoms with Crippen molar-refractivity contribution in [3.05, 3.63) is 32.9 Å². The van der Waals surface area contributed by atoms with Crippen LogP contribution in [0.4, 0.5) is 0 Å². The summed E-state index contributed by atoms with van der Waals surface area (Å²) in [7, 11) is 0. The number of aryl methyl sites for hydroxylation is 1. The SMILES string of the molecule is C=C(Br)CNC(=O)[C@H]1C[C@@H]1c1ccc(C)s1. The van der Waals surface area contributed by atoms with Crippen LogP contribution in [0.15, 0.2) is 23.2 Å². The summed E-state index contributed by atoms with van der Waals surface area (Å²) in [5.41, 5.74) is 0. The van der Waals surface area contributed by atoms with E-state index in [0.717, 1.165) is 10.9 Å². The maximum atomic E-state index is 11.7. The van der Waals surface area contributed by atoms with E-state index >= 15 is 0 Å². The molecule has 2 atom stereocenters. The van der Waals surface area contributed by atoms with Crippen LogP contribution in [0.25, 0.3) is 0 Å². The van der Waals surface area contributed by atoms with Gasteiger partial charge in [-0.05, 0) is 25.5 Å². The van der Waals surface area contributed by atoms with E-state index in [-0.39, 0.29) is 11.8 Å². The zero-order valence-electron chi connectivity index (χ0n) is 9.13. The number of rotatable bonds is 4. The van der Waals surface area contributed by atoms with Crippen molar-refractivity contribution in [2.75, 3.05) is 6.54 Å². The molecule has 1 N–H and O–H groups in total. The summed E-state index contributed by atoms with van der Waals surface area (Å²) in [4.78, 5) is 14.4. The lowest BCUT2D eigenvalue weighted by Crippen LogP contribution is -2.26. The molecule has 0 aromatic carbocycles. The van der Waals surface area contributed by atoms with Crippen LogP contribution < -0.4 is 5.32 Å². The largest absolute Gasteiger partial charge is 0.351 e. The van der Waals surface area contributed by atoms with Crippen molar-refractivity contribution in [3.8, 4) is 0 Å². The predicted octanol–water partition coefficient (Wildman–Crippen LogP) is 3.18. The lowest BCUT2D eigenvalue weighted by atomic mass is 10.2. The molecule has 16 heavy (non-hydrogen) atoms. The fourth-order valence-corrected chi connectivity index (χ4v) is 2.96. The summed E-state index contributed by atoms with van der Waals surface area (Å²) in [5.74, 6) is 0.767. The zero-order chi connectivity index (χ0) is 11.7. The second-order valence-corrected chi connectivity index (χ2v) is 6.57. The molecule has 1 amide bonds. The van der Waals surface area contributed by atoms with Crippen LogP contribution in [-0.2, 0) is 4.79 Å². The first-order valence-electron chi connectivity index (χ1n) is 5.25. The van der Waals surface area contributed by atoms with Gasteiger partial charge in [0.05, 0.1) is 0 Å². The Morgan fingerprint density at radius 2 is 2.44 bits per heavy atom. The maximum absolute atomic E-state index is 11.7. The van der Waals surface area contributed by atoms with Crippen LogP contribution in [0.5, 0.6) is 0 Å². The van der Waals surface area contributed by atoms with E-state index in [0.29, 0.717) is 12.5 Å². The van der Waals surface area contributed by atoms with Gasteiger partial charge in [0.15, 0.2) is 0 Å². The Hall–Kier alpha value is -0.610. The van der Waals surface area contributed by atoms with E-state index in [2.05, 4.69) is 46.9 Å². The van der Waals surface area contributed by atoms with Gasteiger partial charge in [-0.15, -0.1) is 11.3 Å². The monoisotopic (exact) mass is 299 g/mol. The molecule has 86 valence electrons. The van der Waals surface area contributed by atoms with Crippen LogP contribution >= 0.6 is 27.3 Å². The van der Waals surface area contributed by atoms with E-state index in [4.69, 9.17) is 0 Å². The standard InChI is InChI=1S/C12H14BrNOS/c1-7(13)6-14-12(15)10-5-9(10)11-4-3-8(2)16-11/h3-4,9-10H,1,5-6H2,2H3,(H,14,15)/t9-,10-/m0/s1. The number of hydrogen-bond donors (Lipinski definition) is 1. The summed E-state index contributed by atoms with van der Waals surface area (Å²) in [6, 6.07) is 4.26. The third-order valence-electron chi connectivity index (χ3n) is 2.71. The summed E-state index contributed by atoms with van der Waals surface area (Å²) in [6.07, 6.45) is 0.987. The Labute approximate surface area is 108 Å². The highest BCUT2D eigenvalue weighted by atomic mass is 79.9. The molecule has 0 unspecified atom stereocenters. The van der Waals surface area contributed by atoms with E-state index < -0.39 is 0 Å². The molecule has 2 nitrogen and oxygen atoms in total. The van der Waals surface area contributed by atoms with E-state index in [9.17, 15) is 4.79 Å². The number of carbonyl (C=O) groups is 1. The Morgan fingerprint density at radius 1 is 1.69 bits per heavy atom. The van der Waals surface area contributed by atoms with Crippen LogP contribution in [0.3, 0.4) is 0 Å². The van der Waals surface area contributed by atoms with Crippen LogP contribution in [0, 0.1) is 12.8 Å². The number of halogens is 1. The van der Waals surface area contributed by atoms with Gasteiger partial charge in [-0.2, -0.15) is 0 Å². The number of thiophene rings is 1. The molecule has 2 rings (SSSR count). The first-order valence-corrected chi connectivity index (χ1v) is 6.86. The molecule has 1 aromatic heterocycles. The van der Waals surface area contributed by atoms with Crippen molar-refractivity contribution in [1.29, 1.82) is 0 Å². The fourth-order valence-electron chi connectivity index (χ4n) is 1.77. The average Bonchev–Trinajstić information content (AvgIpc) is 2.92. The Bertz CT molecular complexity index is 426. The number of amides is 1. The maximum Gasteiger partial charge on any atom is 0.224 e. The summed E-state index contributed by atoms with van der Waals surface area (Å²) in [6.45, 7) is 6.31. The molecule has 0 bridgehead atoms. The fraction of sp³-hybridized carbons (Fsp3) is 0.417. The van der Waals surface area contributed by atoms with Gasteiger partial charge in [-0.1, -0.05) is 22.5 Å².